The number of rotatable bonds is 5. The molecule has 0 aliphatic rings. The highest BCUT2D eigenvalue weighted by Crippen LogP contribution is 2.33. The summed E-state index contributed by atoms with van der Waals surface area (Å²) in [4.78, 5) is 23.1. The van der Waals surface area contributed by atoms with Crippen LogP contribution in [0.5, 0.6) is 0 Å². The number of aromatic nitrogens is 2. The molecule has 27 heavy (non-hydrogen) atoms. The van der Waals surface area contributed by atoms with Crippen LogP contribution in [0.2, 0.25) is 0 Å². The number of nitrogens with one attached hydrogen (secondary N) is 1. The minimum atomic E-state index is -0.234. The van der Waals surface area contributed by atoms with E-state index >= 15 is 0 Å². The van der Waals surface area contributed by atoms with E-state index in [1.807, 2.05) is 42.5 Å². The molecule has 0 atom stereocenters. The number of benzene rings is 1. The number of thiophene rings is 1. The van der Waals surface area contributed by atoms with Crippen LogP contribution >= 0.6 is 11.3 Å². The Morgan fingerprint density at radius 3 is 2.93 bits per heavy atom. The van der Waals surface area contributed by atoms with Crippen molar-refractivity contribution in [1.82, 2.24) is 9.97 Å². The van der Waals surface area contributed by atoms with Crippen LogP contribution in [0.4, 0.5) is 11.4 Å². The molecule has 0 bridgehead atoms. The van der Waals surface area contributed by atoms with Crippen molar-refractivity contribution in [3.8, 4) is 0 Å². The topological polar surface area (TPSA) is 80.9 Å². The second-order valence-electron chi connectivity index (χ2n) is 6.47. The van der Waals surface area contributed by atoms with Gasteiger partial charge in [-0.05, 0) is 37.1 Å². The number of fused-ring (bicyclic) bond motifs is 2. The molecule has 3 aromatic heterocycles. The normalized spacial score (nSPS) is 11.1. The Hall–Kier alpha value is -2.99. The van der Waals surface area contributed by atoms with Crippen molar-refractivity contribution in [2.24, 2.45) is 0 Å². The van der Waals surface area contributed by atoms with Crippen LogP contribution in [0, 0.1) is 0 Å². The van der Waals surface area contributed by atoms with E-state index in [1.54, 1.807) is 6.20 Å². The molecular formula is C21H20N4OS. The molecule has 0 saturated heterocycles. The summed E-state index contributed by atoms with van der Waals surface area (Å²) in [6.45, 7) is 2.16. The number of hydrogen-bond acceptors (Lipinski definition) is 5. The lowest BCUT2D eigenvalue weighted by Gasteiger charge is -2.05. The lowest BCUT2D eigenvalue weighted by atomic mass is 10.1. The number of pyridine rings is 2. The van der Waals surface area contributed by atoms with Gasteiger partial charge in [-0.3, -0.25) is 9.78 Å². The number of nitrogen functional groups attached to an aromatic ring is 1. The highest BCUT2D eigenvalue weighted by molar-refractivity contribution is 7.21. The van der Waals surface area contributed by atoms with Gasteiger partial charge in [0.1, 0.15) is 9.71 Å². The van der Waals surface area contributed by atoms with Crippen molar-refractivity contribution in [1.29, 1.82) is 0 Å². The van der Waals surface area contributed by atoms with E-state index < -0.39 is 0 Å². The van der Waals surface area contributed by atoms with Crippen molar-refractivity contribution < 1.29 is 4.79 Å². The molecule has 6 heteroatoms. The van der Waals surface area contributed by atoms with E-state index in [4.69, 9.17) is 5.73 Å². The largest absolute Gasteiger partial charge is 0.397 e. The SMILES string of the molecule is CCCCc1ccc2c(N)c(C(=O)Nc3cnc4ccccc4c3)sc2n1. The zero-order valence-corrected chi connectivity index (χ0v) is 15.8. The molecule has 0 unspecified atom stereocenters. The molecular weight excluding hydrogens is 356 g/mol. The van der Waals surface area contributed by atoms with Gasteiger partial charge in [-0.2, -0.15) is 0 Å². The highest BCUT2D eigenvalue weighted by Gasteiger charge is 2.18. The summed E-state index contributed by atoms with van der Waals surface area (Å²) < 4.78 is 0. The molecule has 4 rings (SSSR count). The molecule has 0 saturated carbocycles. The van der Waals surface area contributed by atoms with Crippen molar-refractivity contribution in [3.63, 3.8) is 0 Å². The average molecular weight is 376 g/mol. The third kappa shape index (κ3) is 3.48. The van der Waals surface area contributed by atoms with Gasteiger partial charge in [-0.15, -0.1) is 11.3 Å². The van der Waals surface area contributed by atoms with E-state index in [9.17, 15) is 4.79 Å². The maximum absolute atomic E-state index is 12.8. The van der Waals surface area contributed by atoms with Crippen LogP contribution < -0.4 is 11.1 Å². The molecule has 0 aliphatic heterocycles. The van der Waals surface area contributed by atoms with E-state index in [2.05, 4.69) is 22.2 Å². The molecule has 0 radical (unpaired) electrons. The van der Waals surface area contributed by atoms with Gasteiger partial charge < -0.3 is 11.1 Å². The van der Waals surface area contributed by atoms with Gasteiger partial charge in [0, 0.05) is 16.5 Å². The summed E-state index contributed by atoms with van der Waals surface area (Å²) in [5, 5.41) is 4.71. The number of unbranched alkanes of at least 4 members (excludes halogenated alkanes) is 1. The van der Waals surface area contributed by atoms with Gasteiger partial charge in [0.25, 0.3) is 5.91 Å². The Balaban J connectivity index is 1.62. The van der Waals surface area contributed by atoms with Gasteiger partial charge in [0.2, 0.25) is 0 Å². The minimum Gasteiger partial charge on any atom is -0.397 e. The second kappa shape index (κ2) is 7.32. The number of aryl methyl sites for hydroxylation is 1. The summed E-state index contributed by atoms with van der Waals surface area (Å²) in [6.07, 6.45) is 4.82. The Kier molecular flexibility index (Phi) is 4.73. The number of para-hydroxylation sites is 1. The van der Waals surface area contributed by atoms with Gasteiger partial charge in [-0.1, -0.05) is 31.5 Å². The molecule has 3 heterocycles. The van der Waals surface area contributed by atoms with Crippen LogP contribution in [0.1, 0.15) is 35.1 Å². The molecule has 5 nitrogen and oxygen atoms in total. The summed E-state index contributed by atoms with van der Waals surface area (Å²) in [7, 11) is 0. The first-order chi connectivity index (χ1) is 13.2. The Bertz CT molecular complexity index is 1140. The van der Waals surface area contributed by atoms with E-state index in [1.165, 1.54) is 11.3 Å². The van der Waals surface area contributed by atoms with Crippen LogP contribution in [-0.4, -0.2) is 15.9 Å². The number of amides is 1. The first-order valence-corrected chi connectivity index (χ1v) is 9.81. The first-order valence-electron chi connectivity index (χ1n) is 8.99. The predicted octanol–water partition coefficient (Wildman–Crippen LogP) is 5.02. The fourth-order valence-corrected chi connectivity index (χ4v) is 4.04. The van der Waals surface area contributed by atoms with Crippen LogP contribution in [0.3, 0.4) is 0 Å². The fraction of sp³-hybridized carbons (Fsp3) is 0.190. The van der Waals surface area contributed by atoms with Gasteiger partial charge in [-0.25, -0.2) is 4.98 Å². The lowest BCUT2D eigenvalue weighted by molar-refractivity contribution is 0.103. The number of carbonyl (C=O) groups excluding carboxylic acids is 1. The molecule has 3 N–H and O–H groups in total. The molecule has 1 aromatic carbocycles. The Labute approximate surface area is 161 Å². The summed E-state index contributed by atoms with van der Waals surface area (Å²) in [6, 6.07) is 13.7. The van der Waals surface area contributed by atoms with Crippen molar-refractivity contribution in [2.75, 3.05) is 11.1 Å². The Morgan fingerprint density at radius 1 is 1.22 bits per heavy atom. The van der Waals surface area contributed by atoms with Crippen molar-refractivity contribution >= 4 is 49.7 Å². The zero-order chi connectivity index (χ0) is 18.8. The minimum absolute atomic E-state index is 0.234. The molecule has 136 valence electrons. The van der Waals surface area contributed by atoms with Gasteiger partial charge in [0.15, 0.2) is 0 Å². The average Bonchev–Trinajstić information content (AvgIpc) is 3.02. The highest BCUT2D eigenvalue weighted by atomic mass is 32.1. The molecule has 1 amide bonds. The maximum atomic E-state index is 12.8. The molecule has 4 aromatic rings. The monoisotopic (exact) mass is 376 g/mol. The van der Waals surface area contributed by atoms with Crippen molar-refractivity contribution in [2.45, 2.75) is 26.2 Å². The number of anilines is 2. The number of nitrogens with two attached hydrogens (primary N) is 1. The van der Waals surface area contributed by atoms with E-state index in [-0.39, 0.29) is 5.91 Å². The summed E-state index contributed by atoms with van der Waals surface area (Å²) in [5.74, 6) is -0.234. The van der Waals surface area contributed by atoms with Gasteiger partial charge >= 0.3 is 0 Å². The third-order valence-electron chi connectivity index (χ3n) is 4.49. The van der Waals surface area contributed by atoms with Crippen molar-refractivity contribution in [3.05, 3.63) is 59.2 Å². The van der Waals surface area contributed by atoms with Gasteiger partial charge in [0.05, 0.1) is 23.1 Å². The van der Waals surface area contributed by atoms with E-state index in [0.717, 1.165) is 46.1 Å². The standard InChI is InChI=1S/C21H20N4OS/c1-2-3-7-14-9-10-16-18(22)19(27-21(16)25-14)20(26)24-15-11-13-6-4-5-8-17(13)23-12-15/h4-6,8-12H,2-3,7,22H2,1H3,(H,24,26). The number of hydrogen-bond donors (Lipinski definition) is 2. The fourth-order valence-electron chi connectivity index (χ4n) is 3.03. The number of nitrogens with zero attached hydrogens (tertiary/aromatic N) is 2. The lowest BCUT2D eigenvalue weighted by Crippen LogP contribution is -2.12. The maximum Gasteiger partial charge on any atom is 0.267 e. The van der Waals surface area contributed by atoms with Crippen LogP contribution in [-0.2, 0) is 6.42 Å². The second-order valence-corrected chi connectivity index (χ2v) is 7.47. The molecule has 0 spiro atoms. The van der Waals surface area contributed by atoms with Crippen LogP contribution in [0.25, 0.3) is 21.1 Å². The van der Waals surface area contributed by atoms with Crippen LogP contribution in [0.15, 0.2) is 48.7 Å². The third-order valence-corrected chi connectivity index (χ3v) is 5.61. The Morgan fingerprint density at radius 2 is 2.07 bits per heavy atom. The first kappa shape index (κ1) is 17.4. The predicted molar refractivity (Wildman–Crippen MR) is 112 cm³/mol. The molecule has 0 aliphatic carbocycles. The summed E-state index contributed by atoms with van der Waals surface area (Å²) >= 11 is 1.33. The molecule has 0 fully saturated rings. The zero-order valence-electron chi connectivity index (χ0n) is 15.0. The quantitative estimate of drug-likeness (QED) is 0.512. The smallest absolute Gasteiger partial charge is 0.267 e. The summed E-state index contributed by atoms with van der Waals surface area (Å²) in [5.41, 5.74) is 9.28. The number of carbonyl (C=O) groups is 1. The van der Waals surface area contributed by atoms with E-state index in [0.29, 0.717) is 16.3 Å².